The van der Waals surface area contributed by atoms with Gasteiger partial charge >= 0.3 is 0 Å². The van der Waals surface area contributed by atoms with Gasteiger partial charge in [-0.3, -0.25) is 9.59 Å². The van der Waals surface area contributed by atoms with Crippen LogP contribution in [0.3, 0.4) is 0 Å². The fourth-order valence-electron chi connectivity index (χ4n) is 1.31. The van der Waals surface area contributed by atoms with E-state index in [-0.39, 0.29) is 17.1 Å². The minimum Gasteiger partial charge on any atom is -0.346 e. The highest BCUT2D eigenvalue weighted by atomic mass is 16.2. The molecule has 1 atom stereocenters. The first-order valence-corrected chi connectivity index (χ1v) is 5.27. The molecule has 0 spiro atoms. The lowest BCUT2D eigenvalue weighted by Gasteiger charge is -2.34. The van der Waals surface area contributed by atoms with Crippen molar-refractivity contribution in [2.24, 2.45) is 10.8 Å². The predicted octanol–water partition coefficient (Wildman–Crippen LogP) is 2.15. The van der Waals surface area contributed by atoms with E-state index in [1.165, 1.54) is 6.92 Å². The van der Waals surface area contributed by atoms with E-state index in [0.29, 0.717) is 0 Å². The zero-order valence-corrected chi connectivity index (χ0v) is 10.9. The number of hydrogen-bond donors (Lipinski definition) is 1. The number of ketones is 1. The van der Waals surface area contributed by atoms with Crippen molar-refractivity contribution >= 4 is 11.7 Å². The van der Waals surface area contributed by atoms with Gasteiger partial charge in [0, 0.05) is 12.3 Å². The summed E-state index contributed by atoms with van der Waals surface area (Å²) in [5.41, 5.74) is -0.684. The minimum absolute atomic E-state index is 0.0743. The van der Waals surface area contributed by atoms with E-state index in [0.717, 1.165) is 0 Å². The molecule has 0 saturated heterocycles. The van der Waals surface area contributed by atoms with Crippen LogP contribution in [0.2, 0.25) is 0 Å². The van der Waals surface area contributed by atoms with E-state index in [2.05, 4.69) is 5.32 Å². The Morgan fingerprint density at radius 2 is 1.40 bits per heavy atom. The zero-order chi connectivity index (χ0) is 12.4. The molecule has 0 fully saturated rings. The summed E-state index contributed by atoms with van der Waals surface area (Å²) in [6.07, 6.45) is 0. The lowest BCUT2D eigenvalue weighted by atomic mass is 9.75. The molecule has 0 saturated carbocycles. The van der Waals surface area contributed by atoms with Gasteiger partial charge in [0.15, 0.2) is 5.78 Å². The summed E-state index contributed by atoms with van der Waals surface area (Å²) < 4.78 is 0. The second-order valence-corrected chi connectivity index (χ2v) is 6.11. The highest BCUT2D eigenvalue weighted by molar-refractivity contribution is 5.92. The van der Waals surface area contributed by atoms with Crippen LogP contribution in [0.1, 0.15) is 48.5 Å². The monoisotopic (exact) mass is 213 g/mol. The largest absolute Gasteiger partial charge is 0.346 e. The molecule has 0 aliphatic rings. The molecule has 88 valence electrons. The van der Waals surface area contributed by atoms with Gasteiger partial charge in [-0.05, 0) is 5.41 Å². The van der Waals surface area contributed by atoms with Gasteiger partial charge in [0.05, 0.1) is 6.04 Å². The molecule has 1 N–H and O–H groups in total. The summed E-state index contributed by atoms with van der Waals surface area (Å²) in [4.78, 5) is 23.2. The molecule has 0 aliphatic carbocycles. The topological polar surface area (TPSA) is 46.2 Å². The fraction of sp³-hybridized carbons (Fsp3) is 0.833. The van der Waals surface area contributed by atoms with Crippen LogP contribution >= 0.6 is 0 Å². The van der Waals surface area contributed by atoms with Gasteiger partial charge in [-0.15, -0.1) is 0 Å². The van der Waals surface area contributed by atoms with Crippen LogP contribution in [-0.4, -0.2) is 17.7 Å². The van der Waals surface area contributed by atoms with Crippen LogP contribution in [0.4, 0.5) is 0 Å². The lowest BCUT2D eigenvalue weighted by molar-refractivity contribution is -0.134. The summed E-state index contributed by atoms with van der Waals surface area (Å²) in [6.45, 7) is 12.9. The standard InChI is InChI=1S/C12H23NO2/c1-8(14)13-9(11(2,3)4)10(15)12(5,6)7/h9H,1-7H3,(H,13,14). The van der Waals surface area contributed by atoms with Gasteiger partial charge in [-0.1, -0.05) is 41.5 Å². The fourth-order valence-corrected chi connectivity index (χ4v) is 1.31. The van der Waals surface area contributed by atoms with Crippen molar-refractivity contribution in [3.8, 4) is 0 Å². The van der Waals surface area contributed by atoms with E-state index in [1.54, 1.807) is 0 Å². The first-order chi connectivity index (χ1) is 6.46. The molecule has 0 aliphatic heterocycles. The summed E-state index contributed by atoms with van der Waals surface area (Å²) in [7, 11) is 0. The normalized spacial score (nSPS) is 14.6. The number of Topliss-reactive ketones (excluding diaryl/α,β-unsaturated/α-hetero) is 1. The molecule has 15 heavy (non-hydrogen) atoms. The summed E-state index contributed by atoms with van der Waals surface area (Å²) in [5, 5.41) is 2.74. The van der Waals surface area contributed by atoms with Gasteiger partial charge in [0.25, 0.3) is 0 Å². The van der Waals surface area contributed by atoms with Crippen molar-refractivity contribution in [2.45, 2.75) is 54.5 Å². The van der Waals surface area contributed by atoms with E-state index < -0.39 is 11.5 Å². The Balaban J connectivity index is 4.97. The van der Waals surface area contributed by atoms with Gasteiger partial charge in [-0.2, -0.15) is 0 Å². The molecular weight excluding hydrogens is 190 g/mol. The zero-order valence-electron chi connectivity index (χ0n) is 10.9. The van der Waals surface area contributed by atoms with Crippen LogP contribution in [-0.2, 0) is 9.59 Å². The van der Waals surface area contributed by atoms with Crippen LogP contribution in [0.15, 0.2) is 0 Å². The van der Waals surface area contributed by atoms with Gasteiger partial charge in [0.1, 0.15) is 0 Å². The first kappa shape index (κ1) is 14.1. The van der Waals surface area contributed by atoms with Crippen LogP contribution in [0.25, 0.3) is 0 Å². The Hall–Kier alpha value is -0.860. The first-order valence-electron chi connectivity index (χ1n) is 5.27. The highest BCUT2D eigenvalue weighted by Gasteiger charge is 2.37. The number of carbonyl (C=O) groups is 2. The third-order valence-corrected chi connectivity index (χ3v) is 2.22. The number of hydrogen-bond acceptors (Lipinski definition) is 2. The summed E-state index contributed by atoms with van der Waals surface area (Å²) >= 11 is 0. The second kappa shape index (κ2) is 4.33. The maximum Gasteiger partial charge on any atom is 0.217 e. The quantitative estimate of drug-likeness (QED) is 0.764. The Morgan fingerprint density at radius 3 is 1.60 bits per heavy atom. The molecule has 1 amide bonds. The second-order valence-electron chi connectivity index (χ2n) is 6.11. The van der Waals surface area contributed by atoms with Crippen LogP contribution < -0.4 is 5.32 Å². The highest BCUT2D eigenvalue weighted by Crippen LogP contribution is 2.27. The smallest absolute Gasteiger partial charge is 0.217 e. The van der Waals surface area contributed by atoms with Crippen molar-refractivity contribution in [1.82, 2.24) is 5.32 Å². The van der Waals surface area contributed by atoms with Crippen molar-refractivity contribution in [2.75, 3.05) is 0 Å². The van der Waals surface area contributed by atoms with E-state index in [1.807, 2.05) is 41.5 Å². The average molecular weight is 213 g/mol. The molecule has 0 bridgehead atoms. The molecule has 3 heteroatoms. The number of amides is 1. The molecule has 1 unspecified atom stereocenters. The number of carbonyl (C=O) groups excluding carboxylic acids is 2. The third kappa shape index (κ3) is 4.45. The Labute approximate surface area is 92.6 Å². The molecule has 0 aromatic rings. The Bertz CT molecular complexity index is 256. The summed E-state index contributed by atoms with van der Waals surface area (Å²) in [5.74, 6) is -0.0854. The third-order valence-electron chi connectivity index (χ3n) is 2.22. The van der Waals surface area contributed by atoms with Gasteiger partial charge in [0.2, 0.25) is 5.91 Å². The molecule has 0 aromatic heterocycles. The molecule has 0 heterocycles. The lowest BCUT2D eigenvalue weighted by Crippen LogP contribution is -2.52. The van der Waals surface area contributed by atoms with Gasteiger partial charge in [-0.25, -0.2) is 0 Å². The minimum atomic E-state index is -0.430. The SMILES string of the molecule is CC(=O)NC(C(=O)C(C)(C)C)C(C)(C)C. The van der Waals surface area contributed by atoms with Crippen molar-refractivity contribution in [3.63, 3.8) is 0 Å². The maximum atomic E-state index is 12.1. The van der Waals surface area contributed by atoms with E-state index in [9.17, 15) is 9.59 Å². The maximum absolute atomic E-state index is 12.1. The van der Waals surface area contributed by atoms with Crippen molar-refractivity contribution in [1.29, 1.82) is 0 Å². The summed E-state index contributed by atoms with van der Waals surface area (Å²) in [6, 6.07) is -0.421. The Morgan fingerprint density at radius 1 is 1.00 bits per heavy atom. The molecule has 3 nitrogen and oxygen atoms in total. The predicted molar refractivity (Wildman–Crippen MR) is 61.5 cm³/mol. The Kier molecular flexibility index (Phi) is 4.08. The van der Waals surface area contributed by atoms with Crippen LogP contribution in [0, 0.1) is 10.8 Å². The van der Waals surface area contributed by atoms with E-state index >= 15 is 0 Å². The molecular formula is C12H23NO2. The number of rotatable bonds is 2. The van der Waals surface area contributed by atoms with Crippen molar-refractivity contribution in [3.05, 3.63) is 0 Å². The average Bonchev–Trinajstić information content (AvgIpc) is 1.94. The van der Waals surface area contributed by atoms with E-state index in [4.69, 9.17) is 0 Å². The molecule has 0 radical (unpaired) electrons. The number of nitrogens with one attached hydrogen (secondary N) is 1. The van der Waals surface area contributed by atoms with Gasteiger partial charge < -0.3 is 5.32 Å². The molecule has 0 rings (SSSR count). The van der Waals surface area contributed by atoms with Crippen LogP contribution in [0.5, 0.6) is 0 Å². The van der Waals surface area contributed by atoms with Crippen molar-refractivity contribution < 1.29 is 9.59 Å². The molecule has 0 aromatic carbocycles.